The maximum Gasteiger partial charge on any atom is 0.0705 e. The van der Waals surface area contributed by atoms with Gasteiger partial charge in [0.1, 0.15) is 0 Å². The molecule has 0 unspecified atom stereocenters. The van der Waals surface area contributed by atoms with Gasteiger partial charge < -0.3 is 0 Å². The van der Waals surface area contributed by atoms with Gasteiger partial charge in [0.15, 0.2) is 0 Å². The summed E-state index contributed by atoms with van der Waals surface area (Å²) in [6.07, 6.45) is 3.66. The van der Waals surface area contributed by atoms with Crippen molar-refractivity contribution in [3.63, 3.8) is 0 Å². The zero-order valence-electron chi connectivity index (χ0n) is 12.5. The second-order valence-corrected chi connectivity index (χ2v) is 5.99. The molecule has 0 aliphatic carbocycles. The molecule has 102 valence electrons. The zero-order valence-corrected chi connectivity index (χ0v) is 12.5. The summed E-state index contributed by atoms with van der Waals surface area (Å²) in [5.41, 5.74) is 5.53. The number of aromatic nitrogens is 1. The lowest BCUT2D eigenvalue weighted by atomic mass is 9.87. The van der Waals surface area contributed by atoms with Crippen LogP contribution in [0.25, 0.3) is 16.8 Å². The normalized spacial score (nSPS) is 11.2. The summed E-state index contributed by atoms with van der Waals surface area (Å²) in [4.78, 5) is 4.49. The summed E-state index contributed by atoms with van der Waals surface area (Å²) in [7, 11) is 0. The number of nitrogens with zero attached hydrogens (tertiary/aromatic N) is 1. The number of benzene rings is 1. The van der Waals surface area contributed by atoms with Crippen molar-refractivity contribution in [2.75, 3.05) is 0 Å². The molecule has 2 rings (SSSR count). The fourth-order valence-electron chi connectivity index (χ4n) is 2.05. The van der Waals surface area contributed by atoms with Crippen molar-refractivity contribution in [3.8, 4) is 11.3 Å². The highest BCUT2D eigenvalue weighted by molar-refractivity contribution is 5.75. The fraction of sp³-hybridized carbons (Fsp3) is 0.211. The van der Waals surface area contributed by atoms with Crippen molar-refractivity contribution in [1.82, 2.24) is 4.98 Å². The highest BCUT2D eigenvalue weighted by atomic mass is 14.7. The smallest absolute Gasteiger partial charge is 0.0705 e. The zero-order chi connectivity index (χ0) is 14.8. The van der Waals surface area contributed by atoms with Gasteiger partial charge in [-0.15, -0.1) is 0 Å². The first-order chi connectivity index (χ1) is 9.41. The van der Waals surface area contributed by atoms with Crippen molar-refractivity contribution in [2.24, 2.45) is 0 Å². The molecule has 1 heteroatoms. The molecule has 0 saturated heterocycles. The first-order valence-electron chi connectivity index (χ1n) is 6.80. The lowest BCUT2D eigenvalue weighted by Gasteiger charge is -2.19. The summed E-state index contributed by atoms with van der Waals surface area (Å²) >= 11 is 0. The molecule has 1 nitrogen and oxygen atoms in total. The molecule has 0 bridgehead atoms. The van der Waals surface area contributed by atoms with E-state index < -0.39 is 0 Å². The van der Waals surface area contributed by atoms with E-state index in [0.717, 1.165) is 22.4 Å². The average Bonchev–Trinajstić information content (AvgIpc) is 2.46. The van der Waals surface area contributed by atoms with Gasteiger partial charge in [0.2, 0.25) is 0 Å². The van der Waals surface area contributed by atoms with E-state index in [4.69, 9.17) is 0 Å². The maximum absolute atomic E-state index is 4.49. The first kappa shape index (κ1) is 14.3. The van der Waals surface area contributed by atoms with Gasteiger partial charge in [-0.25, -0.2) is 0 Å². The fourth-order valence-corrected chi connectivity index (χ4v) is 2.05. The molecule has 0 amide bonds. The number of rotatable bonds is 3. The molecule has 1 heterocycles. The quantitative estimate of drug-likeness (QED) is 0.690. The van der Waals surface area contributed by atoms with Gasteiger partial charge in [-0.05, 0) is 40.3 Å². The molecule has 20 heavy (non-hydrogen) atoms. The van der Waals surface area contributed by atoms with Crippen molar-refractivity contribution in [3.05, 3.63) is 73.0 Å². The Balaban J connectivity index is 2.47. The largest absolute Gasteiger partial charge is 0.256 e. The molecular weight excluding hydrogens is 242 g/mol. The van der Waals surface area contributed by atoms with Crippen LogP contribution in [0.1, 0.15) is 31.9 Å². The van der Waals surface area contributed by atoms with Crippen molar-refractivity contribution in [1.29, 1.82) is 0 Å². The third-order valence-electron chi connectivity index (χ3n) is 3.40. The van der Waals surface area contributed by atoms with E-state index in [9.17, 15) is 0 Å². The standard InChI is InChI=1S/C19H21N/c1-6-14(2)15-8-7-9-16(12-15)18-13-17(10-11-20-18)19(3,4)5/h6-13H,1-2H2,3-5H3. The highest BCUT2D eigenvalue weighted by Gasteiger charge is 2.14. The van der Waals surface area contributed by atoms with E-state index in [0.29, 0.717) is 0 Å². The Labute approximate surface area is 121 Å². The Kier molecular flexibility index (Phi) is 3.89. The number of hydrogen-bond donors (Lipinski definition) is 0. The van der Waals surface area contributed by atoms with Gasteiger partial charge in [0, 0.05) is 11.8 Å². The molecular formula is C19H21N. The van der Waals surface area contributed by atoms with E-state index in [-0.39, 0.29) is 5.41 Å². The molecule has 0 atom stereocenters. The Morgan fingerprint density at radius 3 is 2.55 bits per heavy atom. The molecule has 0 spiro atoms. The molecule has 0 radical (unpaired) electrons. The third-order valence-corrected chi connectivity index (χ3v) is 3.40. The minimum Gasteiger partial charge on any atom is -0.256 e. The number of allylic oxidation sites excluding steroid dienone is 2. The summed E-state index contributed by atoms with van der Waals surface area (Å²) in [6.45, 7) is 14.4. The minimum atomic E-state index is 0.125. The topological polar surface area (TPSA) is 12.9 Å². The van der Waals surface area contributed by atoms with E-state index in [2.05, 4.69) is 63.2 Å². The van der Waals surface area contributed by atoms with Crippen LogP contribution in [0.3, 0.4) is 0 Å². The number of pyridine rings is 1. The first-order valence-corrected chi connectivity index (χ1v) is 6.80. The van der Waals surface area contributed by atoms with Crippen molar-refractivity contribution < 1.29 is 0 Å². The Hall–Kier alpha value is -2.15. The molecule has 1 aromatic heterocycles. The Bertz CT molecular complexity index is 645. The Morgan fingerprint density at radius 1 is 1.15 bits per heavy atom. The van der Waals surface area contributed by atoms with Crippen LogP contribution in [0.5, 0.6) is 0 Å². The van der Waals surface area contributed by atoms with Gasteiger partial charge in [-0.3, -0.25) is 4.98 Å². The third kappa shape index (κ3) is 3.05. The Morgan fingerprint density at radius 2 is 1.90 bits per heavy atom. The molecule has 0 saturated carbocycles. The van der Waals surface area contributed by atoms with Crippen LogP contribution >= 0.6 is 0 Å². The van der Waals surface area contributed by atoms with Crippen molar-refractivity contribution in [2.45, 2.75) is 26.2 Å². The molecule has 0 aliphatic rings. The summed E-state index contributed by atoms with van der Waals surface area (Å²) in [6, 6.07) is 12.5. The van der Waals surface area contributed by atoms with Crippen LogP contribution in [0, 0.1) is 0 Å². The van der Waals surface area contributed by atoms with Crippen molar-refractivity contribution >= 4 is 5.57 Å². The van der Waals surface area contributed by atoms with E-state index in [1.165, 1.54) is 5.56 Å². The second kappa shape index (κ2) is 5.46. The van der Waals surface area contributed by atoms with E-state index in [1.54, 1.807) is 6.08 Å². The second-order valence-electron chi connectivity index (χ2n) is 5.99. The maximum atomic E-state index is 4.49. The molecule has 0 N–H and O–H groups in total. The van der Waals surface area contributed by atoms with Crippen LogP contribution in [0.15, 0.2) is 61.8 Å². The summed E-state index contributed by atoms with van der Waals surface area (Å²) < 4.78 is 0. The van der Waals surface area contributed by atoms with Crippen LogP contribution in [0.2, 0.25) is 0 Å². The summed E-state index contributed by atoms with van der Waals surface area (Å²) in [5.74, 6) is 0. The summed E-state index contributed by atoms with van der Waals surface area (Å²) in [5, 5.41) is 0. The molecule has 2 aromatic rings. The van der Waals surface area contributed by atoms with Gasteiger partial charge in [0.05, 0.1) is 5.69 Å². The van der Waals surface area contributed by atoms with Gasteiger partial charge in [-0.1, -0.05) is 58.2 Å². The average molecular weight is 263 g/mol. The molecule has 0 fully saturated rings. The number of hydrogen-bond acceptors (Lipinski definition) is 1. The van der Waals surface area contributed by atoms with Crippen LogP contribution < -0.4 is 0 Å². The monoisotopic (exact) mass is 263 g/mol. The van der Waals surface area contributed by atoms with Gasteiger partial charge >= 0.3 is 0 Å². The van der Waals surface area contributed by atoms with Crippen LogP contribution in [-0.4, -0.2) is 4.98 Å². The van der Waals surface area contributed by atoms with Gasteiger partial charge in [0.25, 0.3) is 0 Å². The van der Waals surface area contributed by atoms with Crippen LogP contribution in [0.4, 0.5) is 0 Å². The van der Waals surface area contributed by atoms with E-state index in [1.807, 2.05) is 18.3 Å². The highest BCUT2D eigenvalue weighted by Crippen LogP contribution is 2.27. The SMILES string of the molecule is C=CC(=C)c1cccc(-c2cc(C(C)(C)C)ccn2)c1. The van der Waals surface area contributed by atoms with E-state index >= 15 is 0 Å². The lowest BCUT2D eigenvalue weighted by Crippen LogP contribution is -2.11. The van der Waals surface area contributed by atoms with Gasteiger partial charge in [-0.2, -0.15) is 0 Å². The molecule has 0 aliphatic heterocycles. The predicted octanol–water partition coefficient (Wildman–Crippen LogP) is 5.25. The predicted molar refractivity (Wildman–Crippen MR) is 87.6 cm³/mol. The minimum absolute atomic E-state index is 0.125. The lowest BCUT2D eigenvalue weighted by molar-refractivity contribution is 0.589. The van der Waals surface area contributed by atoms with Crippen LogP contribution in [-0.2, 0) is 5.41 Å². The molecule has 1 aromatic carbocycles.